The fourth-order valence-corrected chi connectivity index (χ4v) is 2.12. The molecule has 1 amide bonds. The first kappa shape index (κ1) is 14.1. The van der Waals surface area contributed by atoms with Gasteiger partial charge in [-0.05, 0) is 49.2 Å². The number of rotatable bonds is 4. The molecule has 2 N–H and O–H groups in total. The lowest BCUT2D eigenvalue weighted by atomic mass is 10.1. The van der Waals surface area contributed by atoms with Crippen molar-refractivity contribution in [3.8, 4) is 0 Å². The molecule has 2 rings (SSSR count). The molecule has 104 valence electrons. The van der Waals surface area contributed by atoms with Gasteiger partial charge in [0.25, 0.3) is 0 Å². The van der Waals surface area contributed by atoms with E-state index in [1.165, 1.54) is 23.6 Å². The number of nitrogens with one attached hydrogen (secondary N) is 2. The molecular weight excluding hydrogens is 248 g/mol. The van der Waals surface area contributed by atoms with Crippen LogP contribution >= 0.6 is 0 Å². The van der Waals surface area contributed by atoms with Crippen LogP contribution in [0.15, 0.2) is 42.5 Å². The molecule has 0 spiro atoms. The van der Waals surface area contributed by atoms with Crippen LogP contribution in [0.2, 0.25) is 0 Å². The Morgan fingerprint density at radius 2 is 1.65 bits per heavy atom. The van der Waals surface area contributed by atoms with Crippen molar-refractivity contribution >= 4 is 17.3 Å². The molecule has 0 radical (unpaired) electrons. The summed E-state index contributed by atoms with van der Waals surface area (Å²) in [5, 5.41) is 6.14. The first-order valence-corrected chi connectivity index (χ1v) is 6.72. The first-order valence-electron chi connectivity index (χ1n) is 6.72. The summed E-state index contributed by atoms with van der Waals surface area (Å²) in [5.41, 5.74) is 5.73. The molecule has 3 nitrogen and oxygen atoms in total. The highest BCUT2D eigenvalue weighted by molar-refractivity contribution is 5.88. The highest BCUT2D eigenvalue weighted by Gasteiger charge is 2.00. The van der Waals surface area contributed by atoms with Crippen LogP contribution in [-0.2, 0) is 11.3 Å². The van der Waals surface area contributed by atoms with Crippen molar-refractivity contribution in [3.63, 3.8) is 0 Å². The third-order valence-electron chi connectivity index (χ3n) is 3.19. The molecule has 0 heterocycles. The number of carbonyl (C=O) groups is 1. The lowest BCUT2D eigenvalue weighted by Gasteiger charge is -2.10. The Kier molecular flexibility index (Phi) is 4.41. The molecule has 20 heavy (non-hydrogen) atoms. The van der Waals surface area contributed by atoms with Gasteiger partial charge in [0.05, 0.1) is 0 Å². The van der Waals surface area contributed by atoms with E-state index in [0.29, 0.717) is 0 Å². The summed E-state index contributed by atoms with van der Waals surface area (Å²) in [6, 6.07) is 14.2. The number of benzene rings is 2. The van der Waals surface area contributed by atoms with E-state index in [4.69, 9.17) is 0 Å². The molecular formula is C17H20N2O. The fraction of sp³-hybridized carbons (Fsp3) is 0.235. The second kappa shape index (κ2) is 6.24. The Hall–Kier alpha value is -2.29. The van der Waals surface area contributed by atoms with Crippen LogP contribution in [0, 0.1) is 13.8 Å². The zero-order chi connectivity index (χ0) is 14.5. The summed E-state index contributed by atoms with van der Waals surface area (Å²) in [5.74, 6) is -0.0546. The number of anilines is 2. The molecule has 0 fully saturated rings. The standard InChI is InChI=1S/C17H20N2O/c1-12-4-5-15(13(2)10-12)11-18-16-6-8-17(9-7-16)19-14(3)20/h4-10,18H,11H2,1-3H3,(H,19,20). The van der Waals surface area contributed by atoms with Crippen molar-refractivity contribution in [2.24, 2.45) is 0 Å². The van der Waals surface area contributed by atoms with Gasteiger partial charge in [0.1, 0.15) is 0 Å². The predicted molar refractivity (Wildman–Crippen MR) is 84.0 cm³/mol. The molecule has 2 aromatic carbocycles. The predicted octanol–water partition coefficient (Wildman–Crippen LogP) is 3.87. The second-order valence-corrected chi connectivity index (χ2v) is 5.04. The molecule has 0 saturated heterocycles. The monoisotopic (exact) mass is 268 g/mol. The normalized spacial score (nSPS) is 10.2. The van der Waals surface area contributed by atoms with Gasteiger partial charge in [-0.2, -0.15) is 0 Å². The summed E-state index contributed by atoms with van der Waals surface area (Å²) in [6.07, 6.45) is 0. The van der Waals surface area contributed by atoms with Gasteiger partial charge in [0, 0.05) is 24.8 Å². The largest absolute Gasteiger partial charge is 0.381 e. The summed E-state index contributed by atoms with van der Waals surface area (Å²) in [4.78, 5) is 10.9. The molecule has 0 aliphatic rings. The zero-order valence-corrected chi connectivity index (χ0v) is 12.2. The molecule has 0 atom stereocenters. The summed E-state index contributed by atoms with van der Waals surface area (Å²) in [6.45, 7) is 6.53. The Bertz CT molecular complexity index is 603. The van der Waals surface area contributed by atoms with Crippen molar-refractivity contribution in [2.45, 2.75) is 27.3 Å². The third-order valence-corrected chi connectivity index (χ3v) is 3.19. The Morgan fingerprint density at radius 1 is 1.00 bits per heavy atom. The molecule has 0 aliphatic carbocycles. The number of amides is 1. The minimum absolute atomic E-state index is 0.0546. The zero-order valence-electron chi connectivity index (χ0n) is 12.2. The van der Waals surface area contributed by atoms with Gasteiger partial charge >= 0.3 is 0 Å². The van der Waals surface area contributed by atoms with Crippen LogP contribution in [0.1, 0.15) is 23.6 Å². The van der Waals surface area contributed by atoms with E-state index >= 15 is 0 Å². The fourth-order valence-electron chi connectivity index (χ4n) is 2.12. The Labute approximate surface area is 120 Å². The van der Waals surface area contributed by atoms with Crippen LogP contribution in [0.4, 0.5) is 11.4 Å². The molecule has 0 bridgehead atoms. The molecule has 2 aromatic rings. The van der Waals surface area contributed by atoms with Crippen LogP contribution in [0.5, 0.6) is 0 Å². The van der Waals surface area contributed by atoms with E-state index in [1.807, 2.05) is 24.3 Å². The van der Waals surface area contributed by atoms with Gasteiger partial charge in [-0.25, -0.2) is 0 Å². The van der Waals surface area contributed by atoms with E-state index in [2.05, 4.69) is 42.7 Å². The minimum atomic E-state index is -0.0546. The van der Waals surface area contributed by atoms with Crippen molar-refractivity contribution in [1.82, 2.24) is 0 Å². The summed E-state index contributed by atoms with van der Waals surface area (Å²) >= 11 is 0. The van der Waals surface area contributed by atoms with E-state index < -0.39 is 0 Å². The molecule has 3 heteroatoms. The van der Waals surface area contributed by atoms with Crippen LogP contribution in [0.25, 0.3) is 0 Å². The van der Waals surface area contributed by atoms with Gasteiger partial charge in [-0.3, -0.25) is 4.79 Å². The average Bonchev–Trinajstić information content (AvgIpc) is 2.39. The van der Waals surface area contributed by atoms with E-state index in [9.17, 15) is 4.79 Å². The third kappa shape index (κ3) is 3.85. The Morgan fingerprint density at radius 3 is 2.25 bits per heavy atom. The highest BCUT2D eigenvalue weighted by atomic mass is 16.1. The maximum Gasteiger partial charge on any atom is 0.221 e. The van der Waals surface area contributed by atoms with Crippen molar-refractivity contribution < 1.29 is 4.79 Å². The first-order chi connectivity index (χ1) is 9.54. The van der Waals surface area contributed by atoms with Gasteiger partial charge in [-0.15, -0.1) is 0 Å². The van der Waals surface area contributed by atoms with Gasteiger partial charge in [0.2, 0.25) is 5.91 Å². The second-order valence-electron chi connectivity index (χ2n) is 5.04. The van der Waals surface area contributed by atoms with Crippen molar-refractivity contribution in [2.75, 3.05) is 10.6 Å². The molecule has 0 aromatic heterocycles. The van der Waals surface area contributed by atoms with Crippen molar-refractivity contribution in [3.05, 3.63) is 59.2 Å². The maximum atomic E-state index is 10.9. The quantitative estimate of drug-likeness (QED) is 0.883. The van der Waals surface area contributed by atoms with Gasteiger partial charge in [-0.1, -0.05) is 23.8 Å². The van der Waals surface area contributed by atoms with Crippen LogP contribution in [0.3, 0.4) is 0 Å². The summed E-state index contributed by atoms with van der Waals surface area (Å²) < 4.78 is 0. The lowest BCUT2D eigenvalue weighted by Crippen LogP contribution is -2.06. The minimum Gasteiger partial charge on any atom is -0.381 e. The number of carbonyl (C=O) groups excluding carboxylic acids is 1. The summed E-state index contributed by atoms with van der Waals surface area (Å²) in [7, 11) is 0. The number of hydrogen-bond donors (Lipinski definition) is 2. The highest BCUT2D eigenvalue weighted by Crippen LogP contribution is 2.16. The maximum absolute atomic E-state index is 10.9. The number of hydrogen-bond acceptors (Lipinski definition) is 2. The lowest BCUT2D eigenvalue weighted by molar-refractivity contribution is -0.114. The van der Waals surface area contributed by atoms with E-state index in [1.54, 1.807) is 0 Å². The molecule has 0 unspecified atom stereocenters. The number of aryl methyl sites for hydroxylation is 2. The smallest absolute Gasteiger partial charge is 0.221 e. The van der Waals surface area contributed by atoms with Crippen LogP contribution in [-0.4, -0.2) is 5.91 Å². The van der Waals surface area contributed by atoms with Gasteiger partial charge < -0.3 is 10.6 Å². The van der Waals surface area contributed by atoms with Gasteiger partial charge in [0.15, 0.2) is 0 Å². The Balaban J connectivity index is 1.98. The van der Waals surface area contributed by atoms with Crippen molar-refractivity contribution in [1.29, 1.82) is 0 Å². The van der Waals surface area contributed by atoms with Crippen LogP contribution < -0.4 is 10.6 Å². The SMILES string of the molecule is CC(=O)Nc1ccc(NCc2ccc(C)cc2C)cc1. The average molecular weight is 268 g/mol. The molecule has 0 aliphatic heterocycles. The molecule has 0 saturated carbocycles. The van der Waals surface area contributed by atoms with E-state index in [-0.39, 0.29) is 5.91 Å². The topological polar surface area (TPSA) is 41.1 Å². The van der Waals surface area contributed by atoms with E-state index in [0.717, 1.165) is 17.9 Å².